The Balaban J connectivity index is 1.30. The number of carbonyl (C=O) groups excluding carboxylic acids is 2. The molecule has 0 saturated carbocycles. The summed E-state index contributed by atoms with van der Waals surface area (Å²) < 4.78 is 27.6. The fraction of sp³-hybridized carbons (Fsp3) is 0.250. The topological polar surface area (TPSA) is 93.9 Å². The van der Waals surface area contributed by atoms with Crippen LogP contribution in [-0.2, 0) is 10.3 Å². The predicted molar refractivity (Wildman–Crippen MR) is 169 cm³/mol. The molecule has 1 fully saturated rings. The zero-order valence-electron chi connectivity index (χ0n) is 25.4. The third-order valence-corrected chi connectivity index (χ3v) is 8.38. The van der Waals surface area contributed by atoms with Gasteiger partial charge in [0.05, 0.1) is 36.1 Å². The van der Waals surface area contributed by atoms with Crippen molar-refractivity contribution in [1.82, 2.24) is 14.5 Å². The predicted octanol–water partition coefficient (Wildman–Crippen LogP) is 6.45. The Hall–Kier alpha value is -5.02. The van der Waals surface area contributed by atoms with Gasteiger partial charge in [0.25, 0.3) is 5.91 Å². The van der Waals surface area contributed by atoms with E-state index < -0.39 is 17.4 Å². The summed E-state index contributed by atoms with van der Waals surface area (Å²) in [6.07, 6.45) is 2.14. The second-order valence-corrected chi connectivity index (χ2v) is 11.3. The maximum Gasteiger partial charge on any atom is 0.338 e. The molecule has 0 aliphatic carbocycles. The highest BCUT2D eigenvalue weighted by Gasteiger charge is 2.37. The number of piperidine rings is 1. The Morgan fingerprint density at radius 2 is 1.78 bits per heavy atom. The Kier molecular flexibility index (Phi) is 8.12. The third-order valence-electron chi connectivity index (χ3n) is 8.38. The lowest BCUT2D eigenvalue weighted by Gasteiger charge is -2.38. The van der Waals surface area contributed by atoms with Gasteiger partial charge in [0.2, 0.25) is 0 Å². The summed E-state index contributed by atoms with van der Waals surface area (Å²) in [5.41, 5.74) is 1.61. The Morgan fingerprint density at radius 1 is 1.00 bits per heavy atom. The van der Waals surface area contributed by atoms with Crippen LogP contribution in [0.1, 0.15) is 51.7 Å². The molecule has 5 aromatic rings. The fourth-order valence-electron chi connectivity index (χ4n) is 5.95. The first kappa shape index (κ1) is 30.0. The molecule has 45 heavy (non-hydrogen) atoms. The van der Waals surface area contributed by atoms with E-state index in [1.54, 1.807) is 33.9 Å². The molecule has 0 bridgehead atoms. The molecule has 1 saturated heterocycles. The normalized spacial score (nSPS) is 14.4. The molecule has 1 aliphatic rings. The number of halogens is 1. The van der Waals surface area contributed by atoms with Crippen LogP contribution in [0.15, 0.2) is 85.1 Å². The fourth-order valence-corrected chi connectivity index (χ4v) is 5.95. The van der Waals surface area contributed by atoms with Crippen molar-refractivity contribution in [2.24, 2.45) is 0 Å². The van der Waals surface area contributed by atoms with Crippen LogP contribution in [0.2, 0.25) is 0 Å². The van der Waals surface area contributed by atoms with Crippen molar-refractivity contribution in [3.63, 3.8) is 0 Å². The van der Waals surface area contributed by atoms with Gasteiger partial charge in [-0.2, -0.15) is 0 Å². The van der Waals surface area contributed by atoms with Gasteiger partial charge in [-0.25, -0.2) is 14.2 Å². The maximum absolute atomic E-state index is 15.2. The number of esters is 1. The average molecular weight is 608 g/mol. The van der Waals surface area contributed by atoms with E-state index in [-0.39, 0.29) is 43.1 Å². The Bertz CT molecular complexity index is 1910. The molecule has 0 atom stereocenters. The van der Waals surface area contributed by atoms with Gasteiger partial charge in [0.1, 0.15) is 23.1 Å². The minimum absolute atomic E-state index is 0.163. The number of amides is 1. The second-order valence-electron chi connectivity index (χ2n) is 11.3. The number of aliphatic hydroxyl groups is 1. The maximum atomic E-state index is 15.2. The van der Waals surface area contributed by atoms with E-state index in [1.165, 1.54) is 13.2 Å². The first-order chi connectivity index (χ1) is 21.7. The molecule has 0 radical (unpaired) electrons. The van der Waals surface area contributed by atoms with Gasteiger partial charge >= 0.3 is 5.97 Å². The van der Waals surface area contributed by atoms with Crippen LogP contribution in [0.5, 0.6) is 5.75 Å². The number of aromatic nitrogens is 2. The van der Waals surface area contributed by atoms with Gasteiger partial charge < -0.3 is 19.5 Å². The largest absolute Gasteiger partial charge is 0.494 e. The minimum Gasteiger partial charge on any atom is -0.494 e. The summed E-state index contributed by atoms with van der Waals surface area (Å²) in [7, 11) is 1.33. The number of fused-ring (bicyclic) bond motifs is 1. The number of ether oxygens (including phenoxy) is 2. The van der Waals surface area contributed by atoms with Crippen LogP contribution in [-0.4, -0.2) is 58.2 Å². The summed E-state index contributed by atoms with van der Waals surface area (Å²) in [5, 5.41) is 13.3. The number of carbonyl (C=O) groups is 2. The SMILES string of the molecule is CCOc1cccc(-n2cc(C(=O)N3CCC(O)(c4cc(C(=O)OC)c5ccccc5c4)CC3)nc2-c2ccc(C)cc2F)c1. The Labute approximate surface area is 260 Å². The number of aryl methyl sites for hydroxylation is 1. The summed E-state index contributed by atoms with van der Waals surface area (Å²) in [6, 6.07) is 23.3. The quantitative estimate of drug-likeness (QED) is 0.214. The third kappa shape index (κ3) is 5.79. The smallest absolute Gasteiger partial charge is 0.338 e. The molecule has 4 aromatic carbocycles. The highest BCUT2D eigenvalue weighted by atomic mass is 19.1. The van der Waals surface area contributed by atoms with Crippen LogP contribution in [0.3, 0.4) is 0 Å². The van der Waals surface area contributed by atoms with Gasteiger partial charge in [-0.05, 0) is 85.0 Å². The lowest BCUT2D eigenvalue weighted by atomic mass is 9.82. The second kappa shape index (κ2) is 12.2. The van der Waals surface area contributed by atoms with Crippen LogP contribution in [0, 0.1) is 12.7 Å². The molecule has 0 spiro atoms. The first-order valence-corrected chi connectivity index (χ1v) is 14.9. The number of methoxy groups -OCH3 is 1. The van der Waals surface area contributed by atoms with E-state index in [1.807, 2.05) is 68.4 Å². The number of hydrogen-bond acceptors (Lipinski definition) is 6. The lowest BCUT2D eigenvalue weighted by Crippen LogP contribution is -2.45. The van der Waals surface area contributed by atoms with Crippen LogP contribution >= 0.6 is 0 Å². The van der Waals surface area contributed by atoms with E-state index >= 15 is 4.39 Å². The van der Waals surface area contributed by atoms with E-state index in [0.29, 0.717) is 35.0 Å². The van der Waals surface area contributed by atoms with E-state index in [4.69, 9.17) is 9.47 Å². The zero-order valence-corrected chi connectivity index (χ0v) is 25.4. The zero-order chi connectivity index (χ0) is 31.7. The summed E-state index contributed by atoms with van der Waals surface area (Å²) in [6.45, 7) is 4.71. The van der Waals surface area contributed by atoms with Gasteiger partial charge in [-0.15, -0.1) is 0 Å². The molecule has 1 N–H and O–H groups in total. The minimum atomic E-state index is -1.25. The van der Waals surface area contributed by atoms with Crippen LogP contribution in [0.25, 0.3) is 27.8 Å². The lowest BCUT2D eigenvalue weighted by molar-refractivity contribution is -0.0212. The van der Waals surface area contributed by atoms with Crippen LogP contribution < -0.4 is 4.74 Å². The molecular weight excluding hydrogens is 573 g/mol. The van der Waals surface area contributed by atoms with Gasteiger partial charge in [0, 0.05) is 25.4 Å². The summed E-state index contributed by atoms with van der Waals surface area (Å²) in [4.78, 5) is 32.7. The Morgan fingerprint density at radius 3 is 2.51 bits per heavy atom. The number of imidazole rings is 1. The van der Waals surface area contributed by atoms with Crippen molar-refractivity contribution >= 4 is 22.6 Å². The van der Waals surface area contributed by atoms with E-state index in [0.717, 1.165) is 16.3 Å². The van der Waals surface area contributed by atoms with Gasteiger partial charge in [0.15, 0.2) is 0 Å². The molecule has 9 heteroatoms. The van der Waals surface area contributed by atoms with Gasteiger partial charge in [-0.1, -0.05) is 36.4 Å². The monoisotopic (exact) mass is 607 g/mol. The molecule has 1 amide bonds. The van der Waals surface area contributed by atoms with E-state index in [9.17, 15) is 14.7 Å². The molecule has 0 unspecified atom stereocenters. The van der Waals surface area contributed by atoms with Crippen molar-refractivity contribution in [3.8, 4) is 22.8 Å². The van der Waals surface area contributed by atoms with Gasteiger partial charge in [-0.3, -0.25) is 9.36 Å². The highest BCUT2D eigenvalue weighted by Crippen LogP contribution is 2.37. The number of nitrogens with zero attached hydrogens (tertiary/aromatic N) is 3. The first-order valence-electron chi connectivity index (χ1n) is 14.9. The van der Waals surface area contributed by atoms with Crippen molar-refractivity contribution in [2.75, 3.05) is 26.8 Å². The molecule has 1 aliphatic heterocycles. The average Bonchev–Trinajstić information content (AvgIpc) is 3.49. The molecule has 2 heterocycles. The molecular formula is C36H34FN3O5. The number of hydrogen-bond donors (Lipinski definition) is 1. The summed E-state index contributed by atoms with van der Waals surface area (Å²) in [5.74, 6) is -0.297. The molecule has 230 valence electrons. The van der Waals surface area contributed by atoms with E-state index in [2.05, 4.69) is 4.98 Å². The molecule has 1 aromatic heterocycles. The van der Waals surface area contributed by atoms with Crippen molar-refractivity contribution in [3.05, 3.63) is 113 Å². The van der Waals surface area contributed by atoms with Crippen molar-refractivity contribution in [1.29, 1.82) is 0 Å². The molecule has 6 rings (SSSR count). The van der Waals surface area contributed by atoms with Crippen LogP contribution in [0.4, 0.5) is 4.39 Å². The van der Waals surface area contributed by atoms with Crippen molar-refractivity contribution in [2.45, 2.75) is 32.3 Å². The summed E-state index contributed by atoms with van der Waals surface area (Å²) >= 11 is 0. The number of rotatable bonds is 7. The number of benzene rings is 4. The number of likely N-dealkylation sites (tertiary alicyclic amines) is 1. The highest BCUT2D eigenvalue weighted by molar-refractivity contribution is 6.05. The standard InChI is InChI=1S/C36H34FN3O5/c1-4-45-27-10-7-9-26(21-27)40-22-32(38-33(40)29-13-12-23(2)18-31(29)37)34(41)39-16-14-36(43,15-17-39)25-19-24-8-5-6-11-28(24)30(20-25)35(42)44-3/h5-13,18-22,43H,4,14-17H2,1-3H3. The van der Waals surface area contributed by atoms with Crippen molar-refractivity contribution < 1.29 is 28.6 Å². The molecule has 8 nitrogen and oxygen atoms in total.